The summed E-state index contributed by atoms with van der Waals surface area (Å²) >= 11 is 4.46. The van der Waals surface area contributed by atoms with Crippen LogP contribution in [0.4, 0.5) is 0 Å². The number of hydrogen-bond donors (Lipinski definition) is 3. The Bertz CT molecular complexity index is 706. The lowest BCUT2D eigenvalue weighted by molar-refractivity contribution is -0.0682. The monoisotopic (exact) mass is 340 g/mol. The average Bonchev–Trinajstić information content (AvgIpc) is 3.10. The second-order valence-electron chi connectivity index (χ2n) is 5.47. The first-order valence-electron chi connectivity index (χ1n) is 7.27. The number of nitrogens with zero attached hydrogens (tertiary/aromatic N) is 4. The highest BCUT2D eigenvalue weighted by Gasteiger charge is 2.45. The summed E-state index contributed by atoms with van der Waals surface area (Å²) in [6.07, 6.45) is 0.226. The van der Waals surface area contributed by atoms with Gasteiger partial charge >= 0.3 is 0 Å². The van der Waals surface area contributed by atoms with Crippen LogP contribution < -0.4 is 10.8 Å². The van der Waals surface area contributed by atoms with Crippen molar-refractivity contribution < 1.29 is 19.7 Å². The van der Waals surface area contributed by atoms with E-state index in [1.807, 2.05) is 11.9 Å². The molecule has 0 radical (unpaired) electrons. The van der Waals surface area contributed by atoms with Gasteiger partial charge in [0.25, 0.3) is 0 Å². The number of hydrogen-bond acceptors (Lipinski definition) is 8. The van der Waals surface area contributed by atoms with E-state index in [-0.39, 0.29) is 13.2 Å². The fraction of sp³-hybridized carbons (Fsp3) is 0.571. The summed E-state index contributed by atoms with van der Waals surface area (Å²) in [4.78, 5) is 10.7. The molecule has 1 saturated heterocycles. The van der Waals surface area contributed by atoms with Gasteiger partial charge in [0.05, 0.1) is 24.6 Å². The second-order valence-corrected chi connectivity index (χ2v) is 5.89. The first-order valence-corrected chi connectivity index (χ1v) is 7.71. The largest absolute Gasteiger partial charge is 0.394 e. The van der Waals surface area contributed by atoms with Gasteiger partial charge in [-0.25, -0.2) is 9.98 Å². The lowest BCUT2D eigenvalue weighted by atomic mass is 10.1. The molecule has 23 heavy (non-hydrogen) atoms. The predicted molar refractivity (Wildman–Crippen MR) is 85.0 cm³/mol. The van der Waals surface area contributed by atoms with Crippen LogP contribution in [-0.2, 0) is 9.47 Å². The lowest BCUT2D eigenvalue weighted by Crippen LogP contribution is -2.43. The number of aliphatic hydroxyl groups is 2. The van der Waals surface area contributed by atoms with E-state index in [4.69, 9.17) is 9.47 Å². The van der Waals surface area contributed by atoms with Gasteiger partial charge in [-0.2, -0.15) is 0 Å². The summed E-state index contributed by atoms with van der Waals surface area (Å²) in [7, 11) is 1.88. The molecule has 3 rings (SSSR count). The second kappa shape index (κ2) is 6.62. The van der Waals surface area contributed by atoms with Gasteiger partial charge < -0.3 is 24.6 Å². The molecule has 1 aromatic heterocycles. The molecule has 0 saturated carbocycles. The highest BCUT2D eigenvalue weighted by Crippen LogP contribution is 2.30. The van der Waals surface area contributed by atoms with Crippen LogP contribution in [0.5, 0.6) is 0 Å². The molecule has 2 aliphatic heterocycles. The van der Waals surface area contributed by atoms with Crippen molar-refractivity contribution in [3.63, 3.8) is 0 Å². The molecule has 4 atom stereocenters. The summed E-state index contributed by atoms with van der Waals surface area (Å²) < 4.78 is 13.1. The van der Waals surface area contributed by atoms with Crippen LogP contribution in [0.25, 0.3) is 5.03 Å². The summed E-state index contributed by atoms with van der Waals surface area (Å²) in [5, 5.41) is 21.0. The minimum Gasteiger partial charge on any atom is -0.394 e. The minimum absolute atomic E-state index is 0.264. The zero-order chi connectivity index (χ0) is 16.6. The minimum atomic E-state index is -0.950. The quantitative estimate of drug-likeness (QED) is 0.434. The van der Waals surface area contributed by atoms with Gasteiger partial charge in [0.15, 0.2) is 11.7 Å². The molecular weight excluding hydrogens is 320 g/mol. The average molecular weight is 340 g/mol. The van der Waals surface area contributed by atoms with Crippen LogP contribution >= 0.6 is 12.6 Å². The molecule has 1 fully saturated rings. The Morgan fingerprint density at radius 3 is 3.09 bits per heavy atom. The topological polar surface area (TPSA) is 92.3 Å². The Kier molecular flexibility index (Phi) is 4.74. The standard InChI is InChI=1S/C14H20N4O4S/c1-3-4-21-11-10(20)8(5-19)22-13(11)18-7-15-9-12(18)16-6-17(2)14(9)23/h3,7-8,10-11,13,19-20,23H,1,4-6H2,2H3/t8-,10-,11-,13-/m1/s1. The van der Waals surface area contributed by atoms with Crippen molar-refractivity contribution in [2.45, 2.75) is 24.5 Å². The van der Waals surface area contributed by atoms with Crippen LogP contribution in [-0.4, -0.2) is 69.9 Å². The van der Waals surface area contributed by atoms with Crippen LogP contribution in [0.1, 0.15) is 6.23 Å². The maximum atomic E-state index is 10.3. The number of aromatic nitrogens is 2. The molecule has 0 spiro atoms. The fourth-order valence-corrected chi connectivity index (χ4v) is 2.95. The zero-order valence-electron chi connectivity index (χ0n) is 12.7. The third-order valence-corrected chi connectivity index (χ3v) is 4.50. The van der Waals surface area contributed by atoms with Gasteiger partial charge in [-0.05, 0) is 0 Å². The molecule has 1 aromatic rings. The molecule has 0 bridgehead atoms. The SMILES string of the molecule is C=CCO[C@@H]1[C@H](O)[C@@H](CO)O[C@H]1n1cnc2c1=NCN(C)C=2S. The molecule has 2 N–H and O–H groups in total. The Hall–Kier alpha value is -1.39. The van der Waals surface area contributed by atoms with Crippen LogP contribution in [0.15, 0.2) is 24.0 Å². The molecule has 3 heterocycles. The van der Waals surface area contributed by atoms with E-state index >= 15 is 0 Å². The Morgan fingerprint density at radius 2 is 2.39 bits per heavy atom. The van der Waals surface area contributed by atoms with Crippen LogP contribution in [0, 0.1) is 0 Å². The Labute approximate surface area is 138 Å². The maximum Gasteiger partial charge on any atom is 0.166 e. The number of aliphatic hydroxyl groups excluding tert-OH is 2. The summed E-state index contributed by atoms with van der Waals surface area (Å²) in [5.41, 5.74) is 0.621. The maximum absolute atomic E-state index is 10.3. The summed E-state index contributed by atoms with van der Waals surface area (Å²) in [6.45, 7) is 4.03. The van der Waals surface area contributed by atoms with Crippen molar-refractivity contribution in [3.8, 4) is 0 Å². The Balaban J connectivity index is 2.01. The van der Waals surface area contributed by atoms with E-state index in [1.54, 1.807) is 17.0 Å². The van der Waals surface area contributed by atoms with Gasteiger partial charge in [0.2, 0.25) is 0 Å². The molecule has 0 amide bonds. The van der Waals surface area contributed by atoms with Crippen molar-refractivity contribution in [2.75, 3.05) is 26.9 Å². The number of fused-ring (bicyclic) bond motifs is 1. The van der Waals surface area contributed by atoms with Crippen molar-refractivity contribution in [3.05, 3.63) is 29.8 Å². The molecule has 9 heteroatoms. The van der Waals surface area contributed by atoms with E-state index in [0.717, 1.165) is 5.03 Å². The first-order chi connectivity index (χ1) is 11.1. The molecule has 2 aliphatic rings. The number of rotatable bonds is 5. The first kappa shape index (κ1) is 16.5. The summed E-state index contributed by atoms with van der Waals surface area (Å²) in [6, 6.07) is 0. The number of thiol groups is 1. The van der Waals surface area contributed by atoms with E-state index in [2.05, 4.69) is 29.2 Å². The van der Waals surface area contributed by atoms with Crippen molar-refractivity contribution in [1.82, 2.24) is 14.5 Å². The number of imidazole rings is 1. The van der Waals surface area contributed by atoms with Crippen LogP contribution in [0.3, 0.4) is 0 Å². The van der Waals surface area contributed by atoms with E-state index in [0.29, 0.717) is 17.5 Å². The van der Waals surface area contributed by atoms with Crippen molar-refractivity contribution in [2.24, 2.45) is 4.99 Å². The zero-order valence-corrected chi connectivity index (χ0v) is 13.6. The van der Waals surface area contributed by atoms with Crippen molar-refractivity contribution >= 4 is 17.7 Å². The smallest absolute Gasteiger partial charge is 0.166 e. The molecule has 126 valence electrons. The molecule has 8 nitrogen and oxygen atoms in total. The third kappa shape index (κ3) is 2.79. The van der Waals surface area contributed by atoms with Gasteiger partial charge in [-0.1, -0.05) is 6.08 Å². The van der Waals surface area contributed by atoms with Gasteiger partial charge in [0, 0.05) is 7.05 Å². The molecular formula is C14H20N4O4S. The van der Waals surface area contributed by atoms with Crippen LogP contribution in [0.2, 0.25) is 0 Å². The Morgan fingerprint density at radius 1 is 1.61 bits per heavy atom. The molecule has 0 aromatic carbocycles. The predicted octanol–water partition coefficient (Wildman–Crippen LogP) is -1.78. The van der Waals surface area contributed by atoms with Gasteiger partial charge in [0.1, 0.15) is 30.3 Å². The van der Waals surface area contributed by atoms with E-state index in [1.165, 1.54) is 0 Å². The molecule has 0 aliphatic carbocycles. The third-order valence-electron chi connectivity index (χ3n) is 3.95. The lowest BCUT2D eigenvalue weighted by Gasteiger charge is -2.22. The fourth-order valence-electron chi connectivity index (χ4n) is 2.73. The summed E-state index contributed by atoms with van der Waals surface area (Å²) in [5.74, 6) is 0. The van der Waals surface area contributed by atoms with E-state index < -0.39 is 24.5 Å². The van der Waals surface area contributed by atoms with Crippen molar-refractivity contribution in [1.29, 1.82) is 0 Å². The van der Waals surface area contributed by atoms with E-state index in [9.17, 15) is 10.2 Å². The highest BCUT2D eigenvalue weighted by atomic mass is 32.1. The highest BCUT2D eigenvalue weighted by molar-refractivity contribution is 7.89. The van der Waals surface area contributed by atoms with Gasteiger partial charge in [-0.3, -0.25) is 4.57 Å². The normalized spacial score (nSPS) is 30.3. The van der Waals surface area contributed by atoms with Gasteiger partial charge in [-0.15, -0.1) is 19.2 Å². The number of ether oxygens (including phenoxy) is 2. The molecule has 0 unspecified atom stereocenters.